The molecule has 1 fully saturated rings. The van der Waals surface area contributed by atoms with Gasteiger partial charge in [0.25, 0.3) is 5.91 Å². The van der Waals surface area contributed by atoms with Crippen molar-refractivity contribution in [2.45, 2.75) is 25.0 Å². The Hall–Kier alpha value is -2.47. The van der Waals surface area contributed by atoms with Crippen LogP contribution in [0, 0.1) is 11.6 Å². The van der Waals surface area contributed by atoms with E-state index in [1.165, 1.54) is 6.07 Å². The summed E-state index contributed by atoms with van der Waals surface area (Å²) in [5.41, 5.74) is 0.636. The molecule has 0 bridgehead atoms. The van der Waals surface area contributed by atoms with Crippen molar-refractivity contribution in [3.63, 3.8) is 0 Å². The molecule has 0 unspecified atom stereocenters. The van der Waals surface area contributed by atoms with Gasteiger partial charge < -0.3 is 14.8 Å². The fourth-order valence-corrected chi connectivity index (χ4v) is 2.71. The number of hydrogen-bond acceptors (Lipinski definition) is 3. The molecular weight excluding hydrogens is 328 g/mol. The second kappa shape index (κ2) is 8.07. The van der Waals surface area contributed by atoms with Gasteiger partial charge in [0.05, 0.1) is 0 Å². The number of halogens is 2. The Balaban J connectivity index is 1.79. The average Bonchev–Trinajstić information content (AvgIpc) is 2.64. The van der Waals surface area contributed by atoms with Crippen LogP contribution >= 0.6 is 0 Å². The van der Waals surface area contributed by atoms with E-state index in [1.807, 2.05) is 6.07 Å². The van der Waals surface area contributed by atoms with Gasteiger partial charge in [-0.1, -0.05) is 30.3 Å². The lowest BCUT2D eigenvalue weighted by Crippen LogP contribution is -2.42. The number of nitrogens with one attached hydrogen (secondary N) is 1. The van der Waals surface area contributed by atoms with Gasteiger partial charge in [0.1, 0.15) is 5.75 Å². The molecule has 0 saturated carbocycles. The molecular formula is C19H19F2NO3. The van der Waals surface area contributed by atoms with Crippen molar-refractivity contribution in [1.82, 2.24) is 5.32 Å². The van der Waals surface area contributed by atoms with Crippen molar-refractivity contribution in [3.05, 3.63) is 65.7 Å². The highest BCUT2D eigenvalue weighted by atomic mass is 19.2. The van der Waals surface area contributed by atoms with Gasteiger partial charge in [-0.05, 0) is 25.0 Å². The first-order chi connectivity index (χ1) is 12.1. The predicted molar refractivity (Wildman–Crippen MR) is 88.2 cm³/mol. The molecule has 0 spiro atoms. The first-order valence-corrected chi connectivity index (χ1v) is 8.18. The Morgan fingerprint density at radius 1 is 1.08 bits per heavy atom. The van der Waals surface area contributed by atoms with Crippen LogP contribution in [0.25, 0.3) is 0 Å². The van der Waals surface area contributed by atoms with E-state index in [1.54, 1.807) is 24.3 Å². The zero-order valence-electron chi connectivity index (χ0n) is 13.6. The van der Waals surface area contributed by atoms with Gasteiger partial charge in [0.15, 0.2) is 11.6 Å². The van der Waals surface area contributed by atoms with E-state index in [-0.39, 0.29) is 17.7 Å². The molecule has 0 aliphatic carbocycles. The summed E-state index contributed by atoms with van der Waals surface area (Å²) in [5.74, 6) is -2.21. The molecule has 0 aromatic heterocycles. The maximum absolute atomic E-state index is 13.4. The topological polar surface area (TPSA) is 47.6 Å². The molecule has 1 aliphatic rings. The van der Waals surface area contributed by atoms with Crippen LogP contribution in [-0.4, -0.2) is 25.2 Å². The molecule has 4 nitrogen and oxygen atoms in total. The second-order valence-corrected chi connectivity index (χ2v) is 5.88. The Kier molecular flexibility index (Phi) is 5.60. The van der Waals surface area contributed by atoms with Gasteiger partial charge >= 0.3 is 0 Å². The largest absolute Gasteiger partial charge is 0.476 e. The van der Waals surface area contributed by atoms with Crippen molar-refractivity contribution >= 4 is 5.91 Å². The van der Waals surface area contributed by atoms with Crippen molar-refractivity contribution < 1.29 is 23.0 Å². The van der Waals surface area contributed by atoms with Crippen molar-refractivity contribution in [3.8, 4) is 5.75 Å². The normalized spacial score (nSPS) is 16.2. The third kappa shape index (κ3) is 4.54. The summed E-state index contributed by atoms with van der Waals surface area (Å²) in [6, 6.07) is 12.2. The van der Waals surface area contributed by atoms with Gasteiger partial charge in [-0.3, -0.25) is 4.79 Å². The molecule has 6 heteroatoms. The molecule has 2 aromatic rings. The summed E-state index contributed by atoms with van der Waals surface area (Å²) >= 11 is 0. The van der Waals surface area contributed by atoms with E-state index in [0.717, 1.165) is 25.0 Å². The SMILES string of the molecule is O=C(NC1CCOCC1)[C@H](Oc1ccc(F)c(F)c1)c1ccccc1. The molecule has 132 valence electrons. The number of carbonyl (C=O) groups excluding carboxylic acids is 1. The zero-order chi connectivity index (χ0) is 17.6. The summed E-state index contributed by atoms with van der Waals surface area (Å²) in [6.07, 6.45) is 0.519. The van der Waals surface area contributed by atoms with Gasteiger partial charge in [0, 0.05) is 30.9 Å². The van der Waals surface area contributed by atoms with Crippen molar-refractivity contribution in [2.24, 2.45) is 0 Å². The lowest BCUT2D eigenvalue weighted by atomic mass is 10.1. The minimum Gasteiger partial charge on any atom is -0.476 e. The number of hydrogen-bond donors (Lipinski definition) is 1. The Morgan fingerprint density at radius 3 is 2.48 bits per heavy atom. The average molecular weight is 347 g/mol. The molecule has 3 rings (SSSR count). The number of ether oxygens (including phenoxy) is 2. The van der Waals surface area contributed by atoms with E-state index < -0.39 is 17.7 Å². The molecule has 1 saturated heterocycles. The highest BCUT2D eigenvalue weighted by Gasteiger charge is 2.26. The van der Waals surface area contributed by atoms with E-state index in [9.17, 15) is 13.6 Å². The third-order valence-corrected chi connectivity index (χ3v) is 4.05. The minimum absolute atomic E-state index is 0.0148. The van der Waals surface area contributed by atoms with Crippen LogP contribution in [0.2, 0.25) is 0 Å². The predicted octanol–water partition coefficient (Wildman–Crippen LogP) is 3.38. The maximum Gasteiger partial charge on any atom is 0.266 e. The molecule has 1 atom stereocenters. The highest BCUT2D eigenvalue weighted by Crippen LogP contribution is 2.24. The molecule has 0 radical (unpaired) electrons. The maximum atomic E-state index is 13.4. The second-order valence-electron chi connectivity index (χ2n) is 5.88. The molecule has 1 amide bonds. The van der Waals surface area contributed by atoms with E-state index >= 15 is 0 Å². The first kappa shape index (κ1) is 17.4. The van der Waals surface area contributed by atoms with E-state index in [2.05, 4.69) is 5.32 Å². The number of amides is 1. The number of carbonyl (C=O) groups is 1. The first-order valence-electron chi connectivity index (χ1n) is 8.18. The van der Waals surface area contributed by atoms with Gasteiger partial charge in [-0.25, -0.2) is 8.78 Å². The molecule has 1 heterocycles. The molecule has 1 aliphatic heterocycles. The van der Waals surface area contributed by atoms with E-state index in [0.29, 0.717) is 18.8 Å². The Labute approximate surface area is 144 Å². The third-order valence-electron chi connectivity index (χ3n) is 4.05. The van der Waals surface area contributed by atoms with Crippen molar-refractivity contribution in [1.29, 1.82) is 0 Å². The van der Waals surface area contributed by atoms with E-state index in [4.69, 9.17) is 9.47 Å². The summed E-state index contributed by atoms with van der Waals surface area (Å²) < 4.78 is 37.5. The van der Waals surface area contributed by atoms with Crippen LogP contribution < -0.4 is 10.1 Å². The van der Waals surface area contributed by atoms with Gasteiger partial charge in [0.2, 0.25) is 6.10 Å². The van der Waals surface area contributed by atoms with Crippen LogP contribution in [0.5, 0.6) is 5.75 Å². The Bertz CT molecular complexity index is 718. The lowest BCUT2D eigenvalue weighted by molar-refractivity contribution is -0.129. The summed E-state index contributed by atoms with van der Waals surface area (Å²) in [5, 5.41) is 2.95. The minimum atomic E-state index is -1.02. The monoisotopic (exact) mass is 347 g/mol. The van der Waals surface area contributed by atoms with Gasteiger partial charge in [-0.2, -0.15) is 0 Å². The standard InChI is InChI=1S/C19H19F2NO3/c20-16-7-6-15(12-17(16)21)25-18(13-4-2-1-3-5-13)19(23)22-14-8-10-24-11-9-14/h1-7,12,14,18H,8-11H2,(H,22,23)/t18-/m1/s1. The summed E-state index contributed by atoms with van der Waals surface area (Å²) in [4.78, 5) is 12.7. The van der Waals surface area contributed by atoms with Crippen LogP contribution in [0.4, 0.5) is 8.78 Å². The summed E-state index contributed by atoms with van der Waals surface area (Å²) in [7, 11) is 0. The number of benzene rings is 2. The highest BCUT2D eigenvalue weighted by molar-refractivity contribution is 5.82. The van der Waals surface area contributed by atoms with Crippen LogP contribution in [0.15, 0.2) is 48.5 Å². The molecule has 25 heavy (non-hydrogen) atoms. The van der Waals surface area contributed by atoms with Crippen LogP contribution in [0.1, 0.15) is 24.5 Å². The Morgan fingerprint density at radius 2 is 1.80 bits per heavy atom. The van der Waals surface area contributed by atoms with Crippen LogP contribution in [-0.2, 0) is 9.53 Å². The van der Waals surface area contributed by atoms with Gasteiger partial charge in [-0.15, -0.1) is 0 Å². The fraction of sp³-hybridized carbons (Fsp3) is 0.316. The fourth-order valence-electron chi connectivity index (χ4n) is 2.71. The summed E-state index contributed by atoms with van der Waals surface area (Å²) in [6.45, 7) is 1.20. The molecule has 2 aromatic carbocycles. The van der Waals surface area contributed by atoms with Crippen LogP contribution in [0.3, 0.4) is 0 Å². The molecule has 1 N–H and O–H groups in total. The smallest absolute Gasteiger partial charge is 0.266 e. The van der Waals surface area contributed by atoms with Crippen molar-refractivity contribution in [2.75, 3.05) is 13.2 Å². The number of rotatable bonds is 5. The zero-order valence-corrected chi connectivity index (χ0v) is 13.6. The lowest BCUT2D eigenvalue weighted by Gasteiger charge is -2.26. The quantitative estimate of drug-likeness (QED) is 0.902.